The summed E-state index contributed by atoms with van der Waals surface area (Å²) in [6.45, 7) is 10.9. The topological polar surface area (TPSA) is 85.3 Å². The molecule has 1 amide bonds. The largest absolute Gasteiger partial charge is 0.507 e. The van der Waals surface area contributed by atoms with Gasteiger partial charge in [-0.3, -0.25) is 14.5 Å². The Balaban J connectivity index is 1.88. The van der Waals surface area contributed by atoms with Gasteiger partial charge in [0, 0.05) is 11.3 Å². The first-order valence-corrected chi connectivity index (χ1v) is 13.6. The molecule has 210 valence electrons. The summed E-state index contributed by atoms with van der Waals surface area (Å²) in [5.74, 6) is 0.366. The van der Waals surface area contributed by atoms with Gasteiger partial charge in [-0.25, -0.2) is 0 Å². The van der Waals surface area contributed by atoms with Gasteiger partial charge in [0.05, 0.1) is 31.9 Å². The SMILES string of the molecule is CCOc1cc(C2/C(=C(/O)c3ccc(OCC(C)C)c(C)c3)C(=O)C(=O)N2c2ccc(CC)cc2)ccc1OC. The van der Waals surface area contributed by atoms with Gasteiger partial charge in [0.2, 0.25) is 0 Å². The summed E-state index contributed by atoms with van der Waals surface area (Å²) in [5.41, 5.74) is 3.53. The molecule has 3 aromatic rings. The van der Waals surface area contributed by atoms with E-state index in [0.717, 1.165) is 17.5 Å². The molecule has 0 aromatic heterocycles. The number of ether oxygens (including phenoxy) is 3. The Labute approximate surface area is 236 Å². The van der Waals surface area contributed by atoms with E-state index >= 15 is 0 Å². The van der Waals surface area contributed by atoms with Gasteiger partial charge >= 0.3 is 0 Å². The number of carbonyl (C=O) groups is 2. The van der Waals surface area contributed by atoms with Crippen molar-refractivity contribution in [2.24, 2.45) is 5.92 Å². The summed E-state index contributed by atoms with van der Waals surface area (Å²) in [6, 6.07) is 17.2. The number of Topliss-reactive ketones (excluding diaryl/α,β-unsaturated/α-hetero) is 1. The van der Waals surface area contributed by atoms with E-state index in [9.17, 15) is 14.7 Å². The molecular weight excluding hydrogens is 506 g/mol. The lowest BCUT2D eigenvalue weighted by Crippen LogP contribution is -2.29. The Morgan fingerprint density at radius 1 is 0.925 bits per heavy atom. The average molecular weight is 544 g/mol. The van der Waals surface area contributed by atoms with Gasteiger partial charge in [0.15, 0.2) is 11.5 Å². The minimum Gasteiger partial charge on any atom is -0.507 e. The fraction of sp³-hybridized carbons (Fsp3) is 0.333. The minimum atomic E-state index is -0.880. The van der Waals surface area contributed by atoms with Crippen molar-refractivity contribution in [2.75, 3.05) is 25.2 Å². The number of hydrogen-bond donors (Lipinski definition) is 1. The van der Waals surface area contributed by atoms with Crippen molar-refractivity contribution in [1.29, 1.82) is 0 Å². The molecule has 7 heteroatoms. The minimum absolute atomic E-state index is 0.00688. The molecule has 1 unspecified atom stereocenters. The zero-order valence-electron chi connectivity index (χ0n) is 24.0. The van der Waals surface area contributed by atoms with Crippen molar-refractivity contribution in [2.45, 2.75) is 47.1 Å². The first-order chi connectivity index (χ1) is 19.2. The molecule has 40 heavy (non-hydrogen) atoms. The average Bonchev–Trinajstić information content (AvgIpc) is 3.22. The van der Waals surface area contributed by atoms with Crippen LogP contribution in [0, 0.1) is 12.8 Å². The number of aryl methyl sites for hydroxylation is 2. The molecule has 1 aliphatic heterocycles. The third-order valence-corrected chi connectivity index (χ3v) is 6.89. The molecule has 0 saturated carbocycles. The normalized spacial score (nSPS) is 16.5. The zero-order chi connectivity index (χ0) is 29.0. The van der Waals surface area contributed by atoms with E-state index in [0.29, 0.717) is 53.2 Å². The summed E-state index contributed by atoms with van der Waals surface area (Å²) < 4.78 is 17.1. The second kappa shape index (κ2) is 12.3. The highest BCUT2D eigenvalue weighted by Gasteiger charge is 2.47. The number of anilines is 1. The summed E-state index contributed by atoms with van der Waals surface area (Å²) in [7, 11) is 1.55. The van der Waals surface area contributed by atoms with E-state index < -0.39 is 17.7 Å². The number of hydrogen-bond acceptors (Lipinski definition) is 6. The van der Waals surface area contributed by atoms with Gasteiger partial charge in [-0.1, -0.05) is 39.0 Å². The number of aliphatic hydroxyl groups excluding tert-OH is 1. The molecule has 0 aliphatic carbocycles. The van der Waals surface area contributed by atoms with Crippen LogP contribution in [-0.4, -0.2) is 37.1 Å². The van der Waals surface area contributed by atoms with Crippen molar-refractivity contribution in [3.05, 3.63) is 88.5 Å². The van der Waals surface area contributed by atoms with Crippen LogP contribution in [-0.2, 0) is 16.0 Å². The maximum atomic E-state index is 13.6. The Morgan fingerprint density at radius 2 is 1.62 bits per heavy atom. The van der Waals surface area contributed by atoms with Crippen molar-refractivity contribution in [3.63, 3.8) is 0 Å². The van der Waals surface area contributed by atoms with E-state index in [2.05, 4.69) is 20.8 Å². The highest BCUT2D eigenvalue weighted by molar-refractivity contribution is 6.51. The second-order valence-corrected chi connectivity index (χ2v) is 10.2. The van der Waals surface area contributed by atoms with E-state index in [1.807, 2.05) is 38.1 Å². The molecule has 1 heterocycles. The van der Waals surface area contributed by atoms with Gasteiger partial charge in [0.1, 0.15) is 11.5 Å². The van der Waals surface area contributed by atoms with Crippen LogP contribution in [0.4, 0.5) is 5.69 Å². The van der Waals surface area contributed by atoms with Gasteiger partial charge in [-0.15, -0.1) is 0 Å². The van der Waals surface area contributed by atoms with Crippen LogP contribution in [0.2, 0.25) is 0 Å². The second-order valence-electron chi connectivity index (χ2n) is 10.2. The number of rotatable bonds is 10. The van der Waals surface area contributed by atoms with Crippen LogP contribution in [0.3, 0.4) is 0 Å². The van der Waals surface area contributed by atoms with Crippen molar-refractivity contribution in [3.8, 4) is 17.2 Å². The van der Waals surface area contributed by atoms with E-state index in [1.165, 1.54) is 4.90 Å². The summed E-state index contributed by atoms with van der Waals surface area (Å²) >= 11 is 0. The Bertz CT molecular complexity index is 1420. The monoisotopic (exact) mass is 543 g/mol. The van der Waals surface area contributed by atoms with Crippen molar-refractivity contribution in [1.82, 2.24) is 0 Å². The van der Waals surface area contributed by atoms with E-state index in [1.54, 1.807) is 43.5 Å². The highest BCUT2D eigenvalue weighted by atomic mass is 16.5. The third kappa shape index (κ3) is 5.69. The third-order valence-electron chi connectivity index (χ3n) is 6.89. The van der Waals surface area contributed by atoms with Crippen LogP contribution in [0.5, 0.6) is 17.2 Å². The van der Waals surface area contributed by atoms with Crippen LogP contribution < -0.4 is 19.1 Å². The van der Waals surface area contributed by atoms with Crippen LogP contribution in [0.25, 0.3) is 5.76 Å². The number of nitrogens with zero attached hydrogens (tertiary/aromatic N) is 1. The molecule has 1 N–H and O–H groups in total. The predicted octanol–water partition coefficient (Wildman–Crippen LogP) is 6.63. The number of benzene rings is 3. The number of aliphatic hydroxyl groups is 1. The van der Waals surface area contributed by atoms with E-state index in [4.69, 9.17) is 14.2 Å². The molecule has 7 nitrogen and oxygen atoms in total. The van der Waals surface area contributed by atoms with Gasteiger partial charge in [0.25, 0.3) is 11.7 Å². The standard InChI is InChI=1S/C33H37NO6/c1-7-22-9-13-25(14-10-22)34-30(23-11-16-27(38-6)28(18-23)39-8-2)29(32(36)33(34)37)31(35)24-12-15-26(21(5)17-24)40-19-20(3)4/h9-18,20,30,35H,7-8,19H2,1-6H3/b31-29-. The molecule has 1 saturated heterocycles. The maximum Gasteiger partial charge on any atom is 0.300 e. The fourth-order valence-electron chi connectivity index (χ4n) is 4.81. The molecule has 0 spiro atoms. The molecule has 3 aromatic carbocycles. The fourth-order valence-corrected chi connectivity index (χ4v) is 4.81. The van der Waals surface area contributed by atoms with Crippen LogP contribution >= 0.6 is 0 Å². The van der Waals surface area contributed by atoms with Crippen LogP contribution in [0.1, 0.15) is 56.0 Å². The van der Waals surface area contributed by atoms with Crippen molar-refractivity contribution >= 4 is 23.1 Å². The maximum absolute atomic E-state index is 13.6. The number of ketones is 1. The molecule has 4 rings (SSSR count). The first-order valence-electron chi connectivity index (χ1n) is 13.6. The zero-order valence-corrected chi connectivity index (χ0v) is 24.0. The number of carbonyl (C=O) groups excluding carboxylic acids is 2. The number of amides is 1. The lowest BCUT2D eigenvalue weighted by Gasteiger charge is -2.26. The molecule has 1 aliphatic rings. The molecule has 0 radical (unpaired) electrons. The van der Waals surface area contributed by atoms with Gasteiger partial charge in [-0.05, 0) is 85.3 Å². The van der Waals surface area contributed by atoms with Gasteiger partial charge < -0.3 is 19.3 Å². The van der Waals surface area contributed by atoms with Crippen molar-refractivity contribution < 1.29 is 28.9 Å². The Morgan fingerprint density at radius 3 is 2.23 bits per heavy atom. The lowest BCUT2D eigenvalue weighted by molar-refractivity contribution is -0.132. The highest BCUT2D eigenvalue weighted by Crippen LogP contribution is 2.44. The predicted molar refractivity (Wildman–Crippen MR) is 156 cm³/mol. The first kappa shape index (κ1) is 28.7. The smallest absolute Gasteiger partial charge is 0.300 e. The lowest BCUT2D eigenvalue weighted by atomic mass is 9.94. The molecule has 1 atom stereocenters. The van der Waals surface area contributed by atoms with Crippen LogP contribution in [0.15, 0.2) is 66.2 Å². The van der Waals surface area contributed by atoms with E-state index in [-0.39, 0.29) is 11.3 Å². The number of methoxy groups -OCH3 is 1. The summed E-state index contributed by atoms with van der Waals surface area (Å²) in [6.07, 6.45) is 0.842. The Hall–Kier alpha value is -4.26. The summed E-state index contributed by atoms with van der Waals surface area (Å²) in [4.78, 5) is 28.6. The van der Waals surface area contributed by atoms with Gasteiger partial charge in [-0.2, -0.15) is 0 Å². The molecular formula is C33H37NO6. The Kier molecular flexibility index (Phi) is 8.83. The summed E-state index contributed by atoms with van der Waals surface area (Å²) in [5, 5.41) is 11.6. The molecule has 0 bridgehead atoms. The molecule has 1 fully saturated rings. The quantitative estimate of drug-likeness (QED) is 0.176.